The molecule has 2 aromatic rings. The number of aryl methyl sites for hydroxylation is 1. The summed E-state index contributed by atoms with van der Waals surface area (Å²) >= 11 is 6.00. The number of halogens is 1. The third-order valence-corrected chi connectivity index (χ3v) is 2.98. The lowest BCUT2D eigenvalue weighted by atomic mass is 10.2. The van der Waals surface area contributed by atoms with Gasteiger partial charge in [0.2, 0.25) is 0 Å². The first kappa shape index (κ1) is 14.2. The van der Waals surface area contributed by atoms with E-state index < -0.39 is 0 Å². The number of carbonyl (C=O) groups excluding carboxylic acids is 1. The van der Waals surface area contributed by atoms with E-state index in [0.717, 1.165) is 11.3 Å². The lowest BCUT2D eigenvalue weighted by Crippen LogP contribution is -2.19. The quantitative estimate of drug-likeness (QED) is 0.885. The largest absolute Gasteiger partial charge is 0.495 e. The molecule has 0 atom stereocenters. The predicted molar refractivity (Wildman–Crippen MR) is 81.8 cm³/mol. The summed E-state index contributed by atoms with van der Waals surface area (Å²) in [5.74, 6) is 0.566. The normalized spacial score (nSPS) is 9.95. The molecule has 2 N–H and O–H groups in total. The van der Waals surface area contributed by atoms with E-state index in [1.165, 1.54) is 0 Å². The van der Waals surface area contributed by atoms with Gasteiger partial charge >= 0.3 is 6.03 Å². The van der Waals surface area contributed by atoms with Gasteiger partial charge in [-0.3, -0.25) is 0 Å². The second kappa shape index (κ2) is 6.30. The van der Waals surface area contributed by atoms with Gasteiger partial charge in [-0.25, -0.2) is 4.79 Å². The molecule has 4 nitrogen and oxygen atoms in total. The molecule has 0 fully saturated rings. The second-order valence-electron chi connectivity index (χ2n) is 4.30. The van der Waals surface area contributed by atoms with Crippen molar-refractivity contribution in [2.45, 2.75) is 6.92 Å². The van der Waals surface area contributed by atoms with E-state index in [-0.39, 0.29) is 6.03 Å². The fourth-order valence-corrected chi connectivity index (χ4v) is 2.02. The van der Waals surface area contributed by atoms with E-state index in [1.54, 1.807) is 25.3 Å². The summed E-state index contributed by atoms with van der Waals surface area (Å²) < 4.78 is 5.05. The van der Waals surface area contributed by atoms with Gasteiger partial charge in [-0.1, -0.05) is 23.7 Å². The molecule has 0 aromatic heterocycles. The molecule has 2 amide bonds. The first-order valence-electron chi connectivity index (χ1n) is 6.06. The fourth-order valence-electron chi connectivity index (χ4n) is 1.76. The molecule has 2 rings (SSSR count). The van der Waals surface area contributed by atoms with E-state index in [4.69, 9.17) is 16.3 Å². The number of hydrogen-bond donors (Lipinski definition) is 2. The number of benzene rings is 2. The van der Waals surface area contributed by atoms with Crippen molar-refractivity contribution in [3.8, 4) is 5.75 Å². The van der Waals surface area contributed by atoms with Gasteiger partial charge in [0.15, 0.2) is 0 Å². The minimum absolute atomic E-state index is 0.322. The van der Waals surface area contributed by atoms with Gasteiger partial charge in [0.25, 0.3) is 0 Å². The van der Waals surface area contributed by atoms with E-state index in [1.807, 2.05) is 31.2 Å². The van der Waals surface area contributed by atoms with Crippen LogP contribution >= 0.6 is 11.6 Å². The van der Waals surface area contributed by atoms with Crippen molar-refractivity contribution in [3.05, 3.63) is 53.1 Å². The Morgan fingerprint density at radius 2 is 1.80 bits per heavy atom. The highest BCUT2D eigenvalue weighted by Crippen LogP contribution is 2.27. The van der Waals surface area contributed by atoms with Crippen LogP contribution in [-0.2, 0) is 0 Å². The Bertz CT molecular complexity index is 629. The number of nitrogens with one attached hydrogen (secondary N) is 2. The third-order valence-electron chi connectivity index (χ3n) is 2.69. The number of methoxy groups -OCH3 is 1. The van der Waals surface area contributed by atoms with Crippen molar-refractivity contribution in [1.82, 2.24) is 0 Å². The highest BCUT2D eigenvalue weighted by atomic mass is 35.5. The molecule has 0 bridgehead atoms. The summed E-state index contributed by atoms with van der Waals surface area (Å²) in [5, 5.41) is 5.91. The minimum atomic E-state index is -0.322. The van der Waals surface area contributed by atoms with Gasteiger partial charge in [-0.15, -0.1) is 0 Å². The first-order chi connectivity index (χ1) is 9.58. The number of anilines is 2. The van der Waals surface area contributed by atoms with Gasteiger partial charge in [-0.05, 0) is 42.8 Å². The molecule has 0 radical (unpaired) electrons. The summed E-state index contributed by atoms with van der Waals surface area (Å²) in [7, 11) is 1.54. The monoisotopic (exact) mass is 290 g/mol. The molecule has 0 saturated heterocycles. The SMILES string of the molecule is COc1ccc(NC(=O)Nc2cccc(C)c2)cc1Cl. The smallest absolute Gasteiger partial charge is 0.323 e. The summed E-state index contributed by atoms with van der Waals surface area (Å²) in [6, 6.07) is 12.3. The molecule has 0 aliphatic carbocycles. The number of rotatable bonds is 3. The summed E-state index contributed by atoms with van der Waals surface area (Å²) in [6.07, 6.45) is 0. The highest BCUT2D eigenvalue weighted by molar-refractivity contribution is 6.32. The molecule has 0 heterocycles. The molecule has 20 heavy (non-hydrogen) atoms. The van der Waals surface area contributed by atoms with Gasteiger partial charge in [0.1, 0.15) is 5.75 Å². The van der Waals surface area contributed by atoms with Crippen LogP contribution in [0.2, 0.25) is 5.02 Å². The minimum Gasteiger partial charge on any atom is -0.495 e. The second-order valence-corrected chi connectivity index (χ2v) is 4.71. The van der Waals surface area contributed by atoms with E-state index in [0.29, 0.717) is 16.5 Å². The molecule has 2 aromatic carbocycles. The third kappa shape index (κ3) is 3.65. The van der Waals surface area contributed by atoms with Gasteiger partial charge in [-0.2, -0.15) is 0 Å². The molecule has 0 unspecified atom stereocenters. The van der Waals surface area contributed by atoms with E-state index >= 15 is 0 Å². The number of ether oxygens (including phenoxy) is 1. The number of hydrogen-bond acceptors (Lipinski definition) is 2. The van der Waals surface area contributed by atoms with Crippen LogP contribution in [0, 0.1) is 6.92 Å². The maximum atomic E-state index is 11.9. The van der Waals surface area contributed by atoms with E-state index in [2.05, 4.69) is 10.6 Å². The van der Waals surface area contributed by atoms with Crippen molar-refractivity contribution in [2.75, 3.05) is 17.7 Å². The van der Waals surface area contributed by atoms with Gasteiger partial charge in [0.05, 0.1) is 12.1 Å². The summed E-state index contributed by atoms with van der Waals surface area (Å²) in [6.45, 7) is 1.96. The Balaban J connectivity index is 2.03. The Morgan fingerprint density at radius 1 is 1.10 bits per heavy atom. The molecule has 0 spiro atoms. The summed E-state index contributed by atoms with van der Waals surface area (Å²) in [5.41, 5.74) is 2.42. The Labute approximate surface area is 122 Å². The first-order valence-corrected chi connectivity index (χ1v) is 6.44. The molecule has 0 saturated carbocycles. The average molecular weight is 291 g/mol. The van der Waals surface area contributed by atoms with Crippen LogP contribution in [0.1, 0.15) is 5.56 Å². The van der Waals surface area contributed by atoms with Crippen LogP contribution in [0.25, 0.3) is 0 Å². The van der Waals surface area contributed by atoms with Crippen molar-refractivity contribution in [2.24, 2.45) is 0 Å². The Morgan fingerprint density at radius 3 is 2.40 bits per heavy atom. The fraction of sp³-hybridized carbons (Fsp3) is 0.133. The lowest BCUT2D eigenvalue weighted by Gasteiger charge is -2.09. The van der Waals surface area contributed by atoms with Gasteiger partial charge in [0, 0.05) is 11.4 Å². The van der Waals surface area contributed by atoms with Crippen LogP contribution in [-0.4, -0.2) is 13.1 Å². The molecule has 0 aliphatic rings. The number of urea groups is 1. The van der Waals surface area contributed by atoms with E-state index in [9.17, 15) is 4.79 Å². The van der Waals surface area contributed by atoms with Crippen LogP contribution in [0.15, 0.2) is 42.5 Å². The number of carbonyl (C=O) groups is 1. The molecular formula is C15H15ClN2O2. The molecule has 5 heteroatoms. The van der Waals surface area contributed by atoms with Crippen LogP contribution in [0.4, 0.5) is 16.2 Å². The van der Waals surface area contributed by atoms with Crippen molar-refractivity contribution >= 4 is 29.0 Å². The molecule has 0 aliphatic heterocycles. The van der Waals surface area contributed by atoms with Gasteiger partial charge < -0.3 is 15.4 Å². The molecule has 104 valence electrons. The van der Waals surface area contributed by atoms with Crippen LogP contribution in [0.5, 0.6) is 5.75 Å². The maximum Gasteiger partial charge on any atom is 0.323 e. The Hall–Kier alpha value is -2.20. The standard InChI is InChI=1S/C15H15ClN2O2/c1-10-4-3-5-11(8-10)17-15(19)18-12-6-7-14(20-2)13(16)9-12/h3-9H,1-2H3,(H2,17,18,19). The maximum absolute atomic E-state index is 11.9. The molecular weight excluding hydrogens is 276 g/mol. The highest BCUT2D eigenvalue weighted by Gasteiger charge is 2.06. The number of amides is 2. The van der Waals surface area contributed by atoms with Crippen LogP contribution < -0.4 is 15.4 Å². The Kier molecular flexibility index (Phi) is 4.48. The summed E-state index contributed by atoms with van der Waals surface area (Å²) in [4.78, 5) is 11.9. The van der Waals surface area contributed by atoms with Crippen molar-refractivity contribution in [3.63, 3.8) is 0 Å². The zero-order valence-corrected chi connectivity index (χ0v) is 12.0. The van der Waals surface area contributed by atoms with Crippen molar-refractivity contribution < 1.29 is 9.53 Å². The van der Waals surface area contributed by atoms with Crippen molar-refractivity contribution in [1.29, 1.82) is 0 Å². The predicted octanol–water partition coefficient (Wildman–Crippen LogP) is 4.30. The zero-order valence-electron chi connectivity index (χ0n) is 11.2. The zero-order chi connectivity index (χ0) is 14.5. The average Bonchev–Trinajstić information content (AvgIpc) is 2.38. The van der Waals surface area contributed by atoms with Crippen LogP contribution in [0.3, 0.4) is 0 Å². The topological polar surface area (TPSA) is 50.4 Å². The lowest BCUT2D eigenvalue weighted by molar-refractivity contribution is 0.262.